The van der Waals surface area contributed by atoms with Crippen molar-refractivity contribution in [3.05, 3.63) is 35.9 Å². The van der Waals surface area contributed by atoms with Crippen molar-refractivity contribution in [3.8, 4) is 0 Å². The van der Waals surface area contributed by atoms with Gasteiger partial charge in [0.2, 0.25) is 0 Å². The van der Waals surface area contributed by atoms with Gasteiger partial charge in [0, 0.05) is 24.4 Å². The summed E-state index contributed by atoms with van der Waals surface area (Å²) in [4.78, 5) is 27.4. The van der Waals surface area contributed by atoms with Crippen LogP contribution in [0.3, 0.4) is 0 Å². The van der Waals surface area contributed by atoms with Crippen LogP contribution in [0.1, 0.15) is 102 Å². The first-order valence-corrected chi connectivity index (χ1v) is 12.7. The molecule has 2 saturated heterocycles. The smallest absolute Gasteiger partial charge is 0.410 e. The molecule has 3 rings (SSSR count). The normalized spacial score (nSPS) is 22.5. The minimum atomic E-state index is -0.207. The molecule has 0 saturated carbocycles. The molecular formula is C27H41NO3. The number of piperidine rings is 1. The third kappa shape index (κ3) is 7.36. The van der Waals surface area contributed by atoms with Gasteiger partial charge in [0.15, 0.2) is 0 Å². The van der Waals surface area contributed by atoms with Crippen LogP contribution < -0.4 is 0 Å². The maximum Gasteiger partial charge on any atom is 0.410 e. The van der Waals surface area contributed by atoms with Gasteiger partial charge in [-0.1, -0.05) is 88.6 Å². The number of hydrogen-bond acceptors (Lipinski definition) is 3. The summed E-state index contributed by atoms with van der Waals surface area (Å²) in [5, 5.41) is 0. The van der Waals surface area contributed by atoms with Crippen LogP contribution >= 0.6 is 0 Å². The zero-order chi connectivity index (χ0) is 21.9. The van der Waals surface area contributed by atoms with E-state index in [0.717, 1.165) is 44.1 Å². The maximum atomic E-state index is 12.8. The lowest BCUT2D eigenvalue weighted by atomic mass is 9.85. The fourth-order valence-electron chi connectivity index (χ4n) is 5.35. The molecule has 4 heteroatoms. The molecule has 0 aliphatic carbocycles. The Hall–Kier alpha value is -1.84. The monoisotopic (exact) mass is 427 g/mol. The predicted octanol–water partition coefficient (Wildman–Crippen LogP) is 7.06. The van der Waals surface area contributed by atoms with Crippen molar-refractivity contribution >= 4 is 11.9 Å². The molecule has 1 amide bonds. The van der Waals surface area contributed by atoms with Crippen molar-refractivity contribution in [1.29, 1.82) is 0 Å². The van der Waals surface area contributed by atoms with Gasteiger partial charge in [-0.2, -0.15) is 0 Å². The summed E-state index contributed by atoms with van der Waals surface area (Å²) in [5.74, 6) is 0.571. The standard InChI is InChI=1S/C27H41NO3/c1-2-3-4-5-6-7-8-9-13-16-26(29)23-19-24-17-18-25(20-23)28(24)27(30)31-21-22-14-11-10-12-15-22/h10-12,14-15,23-25H,2-9,13,16-21H2,1H3. The van der Waals surface area contributed by atoms with Crippen LogP contribution in [0.5, 0.6) is 0 Å². The van der Waals surface area contributed by atoms with Crippen LogP contribution in [0.4, 0.5) is 4.79 Å². The summed E-state index contributed by atoms with van der Waals surface area (Å²) < 4.78 is 5.58. The third-order valence-corrected chi connectivity index (χ3v) is 7.13. The van der Waals surface area contributed by atoms with E-state index in [9.17, 15) is 9.59 Å². The van der Waals surface area contributed by atoms with E-state index in [1.54, 1.807) is 0 Å². The zero-order valence-electron chi connectivity index (χ0n) is 19.4. The summed E-state index contributed by atoms with van der Waals surface area (Å²) in [6, 6.07) is 10.2. The molecule has 2 atom stereocenters. The Balaban J connectivity index is 1.32. The van der Waals surface area contributed by atoms with E-state index in [1.165, 1.54) is 51.4 Å². The summed E-state index contributed by atoms with van der Waals surface area (Å²) in [6.45, 7) is 2.57. The Morgan fingerprint density at radius 1 is 0.871 bits per heavy atom. The minimum absolute atomic E-state index is 0.143. The number of ether oxygens (including phenoxy) is 1. The number of carbonyl (C=O) groups is 2. The van der Waals surface area contributed by atoms with E-state index in [2.05, 4.69) is 6.92 Å². The Labute approximate surface area is 188 Å². The first kappa shape index (κ1) is 23.8. The Kier molecular flexibility index (Phi) is 9.89. The van der Waals surface area contributed by atoms with E-state index in [0.29, 0.717) is 12.4 Å². The lowest BCUT2D eigenvalue weighted by Gasteiger charge is -2.37. The SMILES string of the molecule is CCCCCCCCCCCC(=O)C1CC2CCC(C1)N2C(=O)OCc1ccccc1. The van der Waals surface area contributed by atoms with Crippen molar-refractivity contribution in [3.63, 3.8) is 0 Å². The molecular weight excluding hydrogens is 386 g/mol. The van der Waals surface area contributed by atoms with Gasteiger partial charge < -0.3 is 9.64 Å². The van der Waals surface area contributed by atoms with Crippen LogP contribution in [0.15, 0.2) is 30.3 Å². The second-order valence-electron chi connectivity index (χ2n) is 9.55. The first-order valence-electron chi connectivity index (χ1n) is 12.7. The van der Waals surface area contributed by atoms with Gasteiger partial charge in [-0.15, -0.1) is 0 Å². The average molecular weight is 428 g/mol. The minimum Gasteiger partial charge on any atom is -0.445 e. The number of fused-ring (bicyclic) bond motifs is 2. The number of amides is 1. The summed E-state index contributed by atoms with van der Waals surface area (Å²) in [5.41, 5.74) is 1.01. The van der Waals surface area contributed by atoms with E-state index in [1.807, 2.05) is 35.2 Å². The lowest BCUT2D eigenvalue weighted by molar-refractivity contribution is -0.125. The van der Waals surface area contributed by atoms with Gasteiger partial charge in [0.25, 0.3) is 0 Å². The molecule has 172 valence electrons. The van der Waals surface area contributed by atoms with Crippen molar-refractivity contribution < 1.29 is 14.3 Å². The molecule has 0 spiro atoms. The number of carbonyl (C=O) groups excluding carboxylic acids is 2. The highest BCUT2D eigenvalue weighted by Gasteiger charge is 2.45. The summed E-state index contributed by atoms with van der Waals surface area (Å²) >= 11 is 0. The molecule has 0 N–H and O–H groups in total. The highest BCUT2D eigenvalue weighted by molar-refractivity contribution is 5.81. The van der Waals surface area contributed by atoms with Gasteiger partial charge in [0.1, 0.15) is 12.4 Å². The van der Waals surface area contributed by atoms with Crippen LogP contribution in [0, 0.1) is 5.92 Å². The number of rotatable bonds is 13. The van der Waals surface area contributed by atoms with Crippen LogP contribution in [0.25, 0.3) is 0 Å². The van der Waals surface area contributed by atoms with E-state index in [-0.39, 0.29) is 24.1 Å². The molecule has 2 unspecified atom stereocenters. The topological polar surface area (TPSA) is 46.6 Å². The van der Waals surface area contributed by atoms with Crippen LogP contribution in [-0.4, -0.2) is 28.9 Å². The number of ketones is 1. The van der Waals surface area contributed by atoms with E-state index >= 15 is 0 Å². The largest absolute Gasteiger partial charge is 0.445 e. The van der Waals surface area contributed by atoms with E-state index < -0.39 is 0 Å². The number of nitrogens with zero attached hydrogens (tertiary/aromatic N) is 1. The number of benzene rings is 1. The second-order valence-corrected chi connectivity index (χ2v) is 9.55. The fourth-order valence-corrected chi connectivity index (χ4v) is 5.35. The van der Waals surface area contributed by atoms with Gasteiger partial charge in [0.05, 0.1) is 0 Å². The zero-order valence-corrected chi connectivity index (χ0v) is 19.4. The molecule has 2 aliphatic rings. The van der Waals surface area contributed by atoms with Gasteiger partial charge in [-0.3, -0.25) is 4.79 Å². The van der Waals surface area contributed by atoms with Gasteiger partial charge >= 0.3 is 6.09 Å². The van der Waals surface area contributed by atoms with Crippen molar-refractivity contribution in [2.75, 3.05) is 0 Å². The Bertz CT molecular complexity index is 660. The van der Waals surface area contributed by atoms with Crippen LogP contribution in [0.2, 0.25) is 0 Å². The number of unbranched alkanes of at least 4 members (excludes halogenated alkanes) is 8. The molecule has 0 radical (unpaired) electrons. The molecule has 4 nitrogen and oxygen atoms in total. The molecule has 2 fully saturated rings. The number of hydrogen-bond donors (Lipinski definition) is 0. The second kappa shape index (κ2) is 12.9. The Morgan fingerprint density at radius 3 is 2.06 bits per heavy atom. The fraction of sp³-hybridized carbons (Fsp3) is 0.704. The highest BCUT2D eigenvalue weighted by Crippen LogP contribution is 2.40. The highest BCUT2D eigenvalue weighted by atomic mass is 16.6. The lowest BCUT2D eigenvalue weighted by Crippen LogP contribution is -2.48. The van der Waals surface area contributed by atoms with Crippen molar-refractivity contribution in [1.82, 2.24) is 4.90 Å². The van der Waals surface area contributed by atoms with Gasteiger partial charge in [-0.05, 0) is 37.7 Å². The summed E-state index contributed by atoms with van der Waals surface area (Å²) in [7, 11) is 0. The number of Topliss-reactive ketones (excluding diaryl/α,β-unsaturated/α-hetero) is 1. The van der Waals surface area contributed by atoms with E-state index in [4.69, 9.17) is 4.74 Å². The van der Waals surface area contributed by atoms with Gasteiger partial charge in [-0.25, -0.2) is 4.79 Å². The average Bonchev–Trinajstić information content (AvgIpc) is 3.06. The van der Waals surface area contributed by atoms with Crippen molar-refractivity contribution in [2.24, 2.45) is 5.92 Å². The molecule has 1 aromatic carbocycles. The third-order valence-electron chi connectivity index (χ3n) is 7.13. The molecule has 0 aromatic heterocycles. The molecule has 2 bridgehead atoms. The maximum absolute atomic E-state index is 12.8. The molecule has 31 heavy (non-hydrogen) atoms. The summed E-state index contributed by atoms with van der Waals surface area (Å²) in [6.07, 6.45) is 15.7. The molecule has 2 heterocycles. The predicted molar refractivity (Wildman–Crippen MR) is 125 cm³/mol. The molecule has 2 aliphatic heterocycles. The first-order chi connectivity index (χ1) is 15.2. The van der Waals surface area contributed by atoms with Crippen LogP contribution in [-0.2, 0) is 16.1 Å². The molecule has 1 aromatic rings. The van der Waals surface area contributed by atoms with Crippen molar-refractivity contribution in [2.45, 2.75) is 116 Å². The Morgan fingerprint density at radius 2 is 1.45 bits per heavy atom. The quantitative estimate of drug-likeness (QED) is 0.317.